The van der Waals surface area contributed by atoms with Gasteiger partial charge in [-0.05, 0) is 36.8 Å². The van der Waals surface area contributed by atoms with Crippen LogP contribution in [0.4, 0.5) is 0 Å². The number of rotatable bonds is 4. The predicted octanol–water partition coefficient (Wildman–Crippen LogP) is 3.91. The number of aromatic nitrogens is 3. The Balaban J connectivity index is 2.04. The molecule has 0 fully saturated rings. The topological polar surface area (TPSA) is 64.7 Å². The van der Waals surface area contributed by atoms with Gasteiger partial charge in [-0.2, -0.15) is 0 Å². The third-order valence-corrected chi connectivity index (χ3v) is 4.12. The zero-order valence-electron chi connectivity index (χ0n) is 12.8. The van der Waals surface area contributed by atoms with Crippen molar-refractivity contribution in [3.8, 4) is 11.4 Å². The van der Waals surface area contributed by atoms with Crippen LogP contribution in [-0.2, 0) is 6.42 Å². The summed E-state index contributed by atoms with van der Waals surface area (Å²) in [5.74, 6) is 0.693. The fraction of sp³-hybridized carbons (Fsp3) is 0.167. The average Bonchev–Trinajstić information content (AvgIpc) is 2.62. The molecule has 0 aliphatic rings. The molecular weight excluding hydrogens is 352 g/mol. The minimum atomic E-state index is -0.362. The number of nitrogens with two attached hydrogens (primary N) is 1. The van der Waals surface area contributed by atoms with Crippen LogP contribution in [0.3, 0.4) is 0 Å². The number of nitrogens with zero attached hydrogens (tertiary/aromatic N) is 3. The second kappa shape index (κ2) is 6.98. The SMILES string of the molecule is CCc1cc(C(N)c2ccccn2)nc(-c2ccc(Br)cc2)n1. The molecule has 3 rings (SSSR count). The quantitative estimate of drug-likeness (QED) is 0.757. The molecule has 1 atom stereocenters. The van der Waals surface area contributed by atoms with E-state index in [4.69, 9.17) is 5.73 Å². The first-order valence-corrected chi connectivity index (χ1v) is 8.27. The van der Waals surface area contributed by atoms with Crippen LogP contribution in [0.25, 0.3) is 11.4 Å². The van der Waals surface area contributed by atoms with E-state index >= 15 is 0 Å². The number of aryl methyl sites for hydroxylation is 1. The van der Waals surface area contributed by atoms with Gasteiger partial charge < -0.3 is 5.73 Å². The highest BCUT2D eigenvalue weighted by Crippen LogP contribution is 2.23. The first kappa shape index (κ1) is 15.8. The summed E-state index contributed by atoms with van der Waals surface area (Å²) >= 11 is 3.45. The largest absolute Gasteiger partial charge is 0.318 e. The molecule has 116 valence electrons. The van der Waals surface area contributed by atoms with Crippen LogP contribution in [0.1, 0.15) is 30.0 Å². The second-order valence-electron chi connectivity index (χ2n) is 5.20. The second-order valence-corrected chi connectivity index (χ2v) is 6.12. The minimum absolute atomic E-state index is 0.362. The van der Waals surface area contributed by atoms with Crippen molar-refractivity contribution in [2.75, 3.05) is 0 Å². The molecule has 2 aromatic heterocycles. The van der Waals surface area contributed by atoms with E-state index in [9.17, 15) is 0 Å². The highest BCUT2D eigenvalue weighted by atomic mass is 79.9. The van der Waals surface area contributed by atoms with Gasteiger partial charge in [0, 0.05) is 21.9 Å². The maximum Gasteiger partial charge on any atom is 0.159 e. The van der Waals surface area contributed by atoms with Crippen LogP contribution < -0.4 is 5.73 Å². The molecule has 2 heterocycles. The van der Waals surface area contributed by atoms with E-state index in [0.717, 1.165) is 33.5 Å². The maximum absolute atomic E-state index is 6.35. The predicted molar refractivity (Wildman–Crippen MR) is 94.8 cm³/mol. The van der Waals surface area contributed by atoms with E-state index in [2.05, 4.69) is 37.8 Å². The Morgan fingerprint density at radius 1 is 1.04 bits per heavy atom. The lowest BCUT2D eigenvalue weighted by Crippen LogP contribution is -2.16. The van der Waals surface area contributed by atoms with Crippen LogP contribution in [0.2, 0.25) is 0 Å². The Hall–Kier alpha value is -2.11. The fourth-order valence-electron chi connectivity index (χ4n) is 2.30. The highest BCUT2D eigenvalue weighted by molar-refractivity contribution is 9.10. The summed E-state index contributed by atoms with van der Waals surface area (Å²) in [5.41, 5.74) is 9.88. The molecule has 0 spiro atoms. The van der Waals surface area contributed by atoms with E-state index in [1.807, 2.05) is 48.5 Å². The molecule has 2 N–H and O–H groups in total. The Labute approximate surface area is 144 Å². The number of benzene rings is 1. The van der Waals surface area contributed by atoms with Crippen molar-refractivity contribution >= 4 is 15.9 Å². The smallest absolute Gasteiger partial charge is 0.159 e. The number of halogens is 1. The van der Waals surface area contributed by atoms with Gasteiger partial charge >= 0.3 is 0 Å². The maximum atomic E-state index is 6.35. The van der Waals surface area contributed by atoms with Gasteiger partial charge in [-0.15, -0.1) is 0 Å². The van der Waals surface area contributed by atoms with Crippen molar-refractivity contribution in [2.45, 2.75) is 19.4 Å². The van der Waals surface area contributed by atoms with Crippen molar-refractivity contribution in [3.63, 3.8) is 0 Å². The summed E-state index contributed by atoms with van der Waals surface area (Å²) in [4.78, 5) is 13.6. The molecule has 1 aromatic carbocycles. The van der Waals surface area contributed by atoms with E-state index in [-0.39, 0.29) is 6.04 Å². The monoisotopic (exact) mass is 368 g/mol. The van der Waals surface area contributed by atoms with Crippen LogP contribution in [-0.4, -0.2) is 15.0 Å². The summed E-state index contributed by atoms with van der Waals surface area (Å²) in [6.07, 6.45) is 2.57. The fourth-order valence-corrected chi connectivity index (χ4v) is 2.56. The number of pyridine rings is 1. The summed E-state index contributed by atoms with van der Waals surface area (Å²) in [7, 11) is 0. The number of hydrogen-bond acceptors (Lipinski definition) is 4. The van der Waals surface area contributed by atoms with Gasteiger partial charge in [-0.1, -0.05) is 41.1 Å². The van der Waals surface area contributed by atoms with E-state index < -0.39 is 0 Å². The Bertz CT molecular complexity index is 788. The number of hydrogen-bond donors (Lipinski definition) is 1. The van der Waals surface area contributed by atoms with Gasteiger partial charge in [0.05, 0.1) is 17.4 Å². The normalized spacial score (nSPS) is 12.1. The minimum Gasteiger partial charge on any atom is -0.318 e. The zero-order valence-corrected chi connectivity index (χ0v) is 14.4. The Morgan fingerprint density at radius 2 is 1.83 bits per heavy atom. The van der Waals surface area contributed by atoms with Crippen molar-refractivity contribution in [1.29, 1.82) is 0 Å². The van der Waals surface area contributed by atoms with Crippen LogP contribution >= 0.6 is 15.9 Å². The molecule has 0 aliphatic heterocycles. The molecule has 0 aliphatic carbocycles. The van der Waals surface area contributed by atoms with Crippen LogP contribution in [0, 0.1) is 0 Å². The molecule has 3 aromatic rings. The lowest BCUT2D eigenvalue weighted by atomic mass is 10.1. The molecule has 0 saturated heterocycles. The van der Waals surface area contributed by atoms with E-state index in [1.54, 1.807) is 6.20 Å². The van der Waals surface area contributed by atoms with Crippen LogP contribution in [0.15, 0.2) is 59.2 Å². The lowest BCUT2D eigenvalue weighted by Gasteiger charge is -2.13. The Morgan fingerprint density at radius 3 is 2.48 bits per heavy atom. The summed E-state index contributed by atoms with van der Waals surface area (Å²) in [6.45, 7) is 2.07. The average molecular weight is 369 g/mol. The molecule has 0 amide bonds. The molecule has 0 saturated carbocycles. The van der Waals surface area contributed by atoms with Gasteiger partial charge in [0.15, 0.2) is 5.82 Å². The Kier molecular flexibility index (Phi) is 4.79. The van der Waals surface area contributed by atoms with E-state index in [1.165, 1.54) is 0 Å². The molecule has 1 unspecified atom stereocenters. The summed E-state index contributed by atoms with van der Waals surface area (Å²) in [5, 5.41) is 0. The van der Waals surface area contributed by atoms with Gasteiger partial charge in [-0.25, -0.2) is 9.97 Å². The van der Waals surface area contributed by atoms with Crippen molar-refractivity contribution < 1.29 is 0 Å². The van der Waals surface area contributed by atoms with E-state index in [0.29, 0.717) is 5.82 Å². The van der Waals surface area contributed by atoms with Gasteiger partial charge in [-0.3, -0.25) is 4.98 Å². The van der Waals surface area contributed by atoms with Crippen molar-refractivity contribution in [2.24, 2.45) is 5.73 Å². The lowest BCUT2D eigenvalue weighted by molar-refractivity contribution is 0.782. The summed E-state index contributed by atoms with van der Waals surface area (Å²) < 4.78 is 1.03. The van der Waals surface area contributed by atoms with Crippen LogP contribution in [0.5, 0.6) is 0 Å². The molecule has 0 bridgehead atoms. The third-order valence-electron chi connectivity index (χ3n) is 3.59. The van der Waals surface area contributed by atoms with Gasteiger partial charge in [0.25, 0.3) is 0 Å². The highest BCUT2D eigenvalue weighted by Gasteiger charge is 2.15. The third kappa shape index (κ3) is 3.63. The molecular formula is C18H17BrN4. The molecule has 4 nitrogen and oxygen atoms in total. The van der Waals surface area contributed by atoms with Crippen molar-refractivity contribution in [3.05, 3.63) is 76.3 Å². The molecule has 5 heteroatoms. The molecule has 0 radical (unpaired) electrons. The van der Waals surface area contributed by atoms with Crippen molar-refractivity contribution in [1.82, 2.24) is 15.0 Å². The standard InChI is InChI=1S/C18H17BrN4/c1-2-14-11-16(17(20)15-5-3-4-10-21-15)23-18(22-14)12-6-8-13(19)9-7-12/h3-11,17H,2,20H2,1H3. The van der Waals surface area contributed by atoms with Gasteiger partial charge in [0.2, 0.25) is 0 Å². The molecule has 23 heavy (non-hydrogen) atoms. The first-order valence-electron chi connectivity index (χ1n) is 7.47. The first-order chi connectivity index (χ1) is 11.2. The zero-order chi connectivity index (χ0) is 16.2. The van der Waals surface area contributed by atoms with Gasteiger partial charge in [0.1, 0.15) is 0 Å². The summed E-state index contributed by atoms with van der Waals surface area (Å²) in [6, 6.07) is 15.3.